The summed E-state index contributed by atoms with van der Waals surface area (Å²) in [4.78, 5) is 12.5. The number of ether oxygens (including phenoxy) is 1. The number of rotatable bonds is 7. The van der Waals surface area contributed by atoms with Crippen LogP contribution in [0.1, 0.15) is 33.0 Å². The van der Waals surface area contributed by atoms with Crippen molar-refractivity contribution in [3.8, 4) is 5.75 Å². The fourth-order valence-electron chi connectivity index (χ4n) is 3.28. The SMILES string of the molecule is Cc1cc(C)cc(OCc2ccc(C(=O)Nc3cnn(Cc4cccc(Cl)c4)c3)o2)c1. The molecular weight excluding hydrogens is 414 g/mol. The highest BCUT2D eigenvalue weighted by Crippen LogP contribution is 2.19. The standard InChI is InChI=1S/C24H22ClN3O3/c1-16-8-17(2)10-22(9-16)30-15-21-6-7-23(31-21)24(29)27-20-12-26-28(14-20)13-18-4-3-5-19(25)11-18/h3-12,14H,13,15H2,1-2H3,(H,27,29). The summed E-state index contributed by atoms with van der Waals surface area (Å²) in [5, 5.41) is 7.75. The molecule has 0 saturated carbocycles. The lowest BCUT2D eigenvalue weighted by Crippen LogP contribution is -2.10. The Morgan fingerprint density at radius 3 is 2.71 bits per heavy atom. The van der Waals surface area contributed by atoms with Crippen LogP contribution in [0.2, 0.25) is 5.02 Å². The molecular formula is C24H22ClN3O3. The lowest BCUT2D eigenvalue weighted by molar-refractivity contribution is 0.0992. The number of aromatic nitrogens is 2. The number of hydrogen-bond acceptors (Lipinski definition) is 4. The molecule has 4 rings (SSSR count). The van der Waals surface area contributed by atoms with E-state index in [1.165, 1.54) is 0 Å². The normalized spacial score (nSPS) is 10.8. The average Bonchev–Trinajstić information content (AvgIpc) is 3.35. The van der Waals surface area contributed by atoms with Crippen LogP contribution in [-0.2, 0) is 13.2 Å². The molecule has 0 radical (unpaired) electrons. The summed E-state index contributed by atoms with van der Waals surface area (Å²) in [6.45, 7) is 4.84. The number of nitrogens with zero attached hydrogens (tertiary/aromatic N) is 2. The van der Waals surface area contributed by atoms with E-state index in [2.05, 4.69) is 16.5 Å². The molecule has 0 saturated heterocycles. The second-order valence-electron chi connectivity index (χ2n) is 7.39. The van der Waals surface area contributed by atoms with E-state index >= 15 is 0 Å². The third-order valence-corrected chi connectivity index (χ3v) is 4.82. The van der Waals surface area contributed by atoms with E-state index in [4.69, 9.17) is 20.8 Å². The molecule has 7 heteroatoms. The number of hydrogen-bond donors (Lipinski definition) is 1. The van der Waals surface area contributed by atoms with E-state index in [1.54, 1.807) is 29.2 Å². The molecule has 4 aromatic rings. The van der Waals surface area contributed by atoms with Crippen LogP contribution in [-0.4, -0.2) is 15.7 Å². The van der Waals surface area contributed by atoms with Gasteiger partial charge in [0.25, 0.3) is 5.91 Å². The first kappa shape index (κ1) is 20.8. The minimum atomic E-state index is -0.347. The van der Waals surface area contributed by atoms with Gasteiger partial charge in [-0.2, -0.15) is 5.10 Å². The molecule has 2 aromatic carbocycles. The Hall–Kier alpha value is -3.51. The van der Waals surface area contributed by atoms with Gasteiger partial charge in [-0.05, 0) is 66.9 Å². The van der Waals surface area contributed by atoms with Crippen LogP contribution in [0.3, 0.4) is 0 Å². The number of anilines is 1. The van der Waals surface area contributed by atoms with Gasteiger partial charge in [0.15, 0.2) is 5.76 Å². The second kappa shape index (κ2) is 9.10. The average molecular weight is 436 g/mol. The third kappa shape index (κ3) is 5.55. The summed E-state index contributed by atoms with van der Waals surface area (Å²) in [5.74, 6) is 1.20. The molecule has 0 unspecified atom stereocenters. The predicted molar refractivity (Wildman–Crippen MR) is 120 cm³/mol. The van der Waals surface area contributed by atoms with Crippen molar-refractivity contribution in [3.05, 3.63) is 100 Å². The Balaban J connectivity index is 1.34. The highest BCUT2D eigenvalue weighted by molar-refractivity contribution is 6.30. The Bertz CT molecular complexity index is 1190. The van der Waals surface area contributed by atoms with Crippen LogP contribution in [0.5, 0.6) is 5.75 Å². The fourth-order valence-corrected chi connectivity index (χ4v) is 3.49. The zero-order valence-electron chi connectivity index (χ0n) is 17.3. The molecule has 31 heavy (non-hydrogen) atoms. The Labute approximate surface area is 185 Å². The first-order valence-corrected chi connectivity index (χ1v) is 10.2. The van der Waals surface area contributed by atoms with Crippen LogP contribution in [0.15, 0.2) is 71.4 Å². The topological polar surface area (TPSA) is 69.3 Å². The molecule has 0 aliphatic rings. The van der Waals surface area contributed by atoms with Crippen LogP contribution in [0.4, 0.5) is 5.69 Å². The van der Waals surface area contributed by atoms with E-state index in [0.29, 0.717) is 23.0 Å². The zero-order chi connectivity index (χ0) is 21.8. The Kier molecular flexibility index (Phi) is 6.09. The van der Waals surface area contributed by atoms with Gasteiger partial charge in [0.05, 0.1) is 18.4 Å². The number of halogens is 1. The molecule has 0 fully saturated rings. The van der Waals surface area contributed by atoms with Gasteiger partial charge in [0, 0.05) is 11.2 Å². The molecule has 0 bridgehead atoms. The quantitative estimate of drug-likeness (QED) is 0.408. The highest BCUT2D eigenvalue weighted by atomic mass is 35.5. The predicted octanol–water partition coefficient (Wildman–Crippen LogP) is 5.63. The van der Waals surface area contributed by atoms with E-state index in [1.807, 2.05) is 50.2 Å². The number of aryl methyl sites for hydroxylation is 2. The third-order valence-electron chi connectivity index (χ3n) is 4.59. The van der Waals surface area contributed by atoms with Gasteiger partial charge in [-0.1, -0.05) is 29.8 Å². The summed E-state index contributed by atoms with van der Waals surface area (Å²) in [6, 6.07) is 16.9. The second-order valence-corrected chi connectivity index (χ2v) is 7.83. The van der Waals surface area contributed by atoms with Crippen LogP contribution < -0.4 is 10.1 Å². The van der Waals surface area contributed by atoms with Gasteiger partial charge in [0.1, 0.15) is 18.1 Å². The van der Waals surface area contributed by atoms with Gasteiger partial charge in [-0.25, -0.2) is 0 Å². The summed E-state index contributed by atoms with van der Waals surface area (Å²) in [5.41, 5.74) is 3.86. The summed E-state index contributed by atoms with van der Waals surface area (Å²) >= 11 is 6.02. The van der Waals surface area contributed by atoms with E-state index < -0.39 is 0 Å². The molecule has 6 nitrogen and oxygen atoms in total. The highest BCUT2D eigenvalue weighted by Gasteiger charge is 2.13. The first-order valence-electron chi connectivity index (χ1n) is 9.83. The van der Waals surface area contributed by atoms with E-state index in [-0.39, 0.29) is 18.3 Å². The van der Waals surface area contributed by atoms with Crippen molar-refractivity contribution in [1.29, 1.82) is 0 Å². The molecule has 1 N–H and O–H groups in total. The molecule has 0 aliphatic heterocycles. The maximum Gasteiger partial charge on any atom is 0.291 e. The van der Waals surface area contributed by atoms with Crippen LogP contribution in [0.25, 0.3) is 0 Å². The van der Waals surface area contributed by atoms with Crippen molar-refractivity contribution in [2.75, 3.05) is 5.32 Å². The van der Waals surface area contributed by atoms with Gasteiger partial charge in [-0.3, -0.25) is 9.48 Å². The molecule has 2 aromatic heterocycles. The molecule has 2 heterocycles. The van der Waals surface area contributed by atoms with Crippen molar-refractivity contribution in [1.82, 2.24) is 9.78 Å². The van der Waals surface area contributed by atoms with E-state index in [0.717, 1.165) is 22.4 Å². The summed E-state index contributed by atoms with van der Waals surface area (Å²) in [6.07, 6.45) is 3.35. The monoisotopic (exact) mass is 435 g/mol. The van der Waals surface area contributed by atoms with Crippen molar-refractivity contribution in [2.24, 2.45) is 0 Å². The zero-order valence-corrected chi connectivity index (χ0v) is 18.0. The molecule has 0 spiro atoms. The minimum absolute atomic E-state index is 0.210. The lowest BCUT2D eigenvalue weighted by Gasteiger charge is -2.06. The van der Waals surface area contributed by atoms with Gasteiger partial charge in [0.2, 0.25) is 0 Å². The maximum absolute atomic E-state index is 12.5. The number of carbonyl (C=O) groups is 1. The Morgan fingerprint density at radius 1 is 1.13 bits per heavy atom. The van der Waals surface area contributed by atoms with Crippen molar-refractivity contribution in [2.45, 2.75) is 27.0 Å². The van der Waals surface area contributed by atoms with Crippen molar-refractivity contribution in [3.63, 3.8) is 0 Å². The number of amides is 1. The lowest BCUT2D eigenvalue weighted by atomic mass is 10.1. The van der Waals surface area contributed by atoms with Crippen LogP contribution >= 0.6 is 11.6 Å². The van der Waals surface area contributed by atoms with Crippen molar-refractivity contribution >= 4 is 23.2 Å². The van der Waals surface area contributed by atoms with Crippen LogP contribution in [0, 0.1) is 13.8 Å². The van der Waals surface area contributed by atoms with E-state index in [9.17, 15) is 4.79 Å². The smallest absolute Gasteiger partial charge is 0.291 e. The number of benzene rings is 2. The van der Waals surface area contributed by atoms with Crippen molar-refractivity contribution < 1.29 is 13.9 Å². The summed E-state index contributed by atoms with van der Waals surface area (Å²) < 4.78 is 13.2. The maximum atomic E-state index is 12.5. The number of furan rings is 1. The Morgan fingerprint density at radius 2 is 1.94 bits per heavy atom. The number of carbonyl (C=O) groups excluding carboxylic acids is 1. The fraction of sp³-hybridized carbons (Fsp3) is 0.167. The van der Waals surface area contributed by atoms with Gasteiger partial charge >= 0.3 is 0 Å². The molecule has 0 aliphatic carbocycles. The molecule has 158 valence electrons. The largest absolute Gasteiger partial charge is 0.486 e. The molecule has 0 atom stereocenters. The molecule has 1 amide bonds. The summed E-state index contributed by atoms with van der Waals surface area (Å²) in [7, 11) is 0. The van der Waals surface area contributed by atoms with Gasteiger partial charge in [-0.15, -0.1) is 0 Å². The first-order chi connectivity index (χ1) is 14.9. The minimum Gasteiger partial charge on any atom is -0.486 e. The van der Waals surface area contributed by atoms with Gasteiger partial charge < -0.3 is 14.5 Å². The number of nitrogens with one attached hydrogen (secondary N) is 1.